The second-order valence-electron chi connectivity index (χ2n) is 4.53. The van der Waals surface area contributed by atoms with Gasteiger partial charge in [-0.05, 0) is 18.9 Å². The number of nitrogen functional groups attached to an aromatic ring is 1. The summed E-state index contributed by atoms with van der Waals surface area (Å²) in [6, 6.07) is 3.92. The minimum Gasteiger partial charge on any atom is -0.382 e. The Balaban J connectivity index is 2.01. The third kappa shape index (κ3) is 1.97. The zero-order chi connectivity index (χ0) is 12.4. The van der Waals surface area contributed by atoms with Crippen LogP contribution in [-0.2, 0) is 4.74 Å². The minimum absolute atomic E-state index is 0.443. The van der Waals surface area contributed by atoms with Gasteiger partial charge in [0.15, 0.2) is 5.82 Å². The summed E-state index contributed by atoms with van der Waals surface area (Å²) in [5.74, 6) is 0.989. The van der Waals surface area contributed by atoms with Crippen LogP contribution in [0, 0.1) is 0 Å². The van der Waals surface area contributed by atoms with Crippen molar-refractivity contribution in [3.8, 4) is 11.1 Å². The maximum absolute atomic E-state index is 5.98. The van der Waals surface area contributed by atoms with Crippen LogP contribution in [-0.4, -0.2) is 28.4 Å². The first-order chi connectivity index (χ1) is 8.86. The fourth-order valence-electron chi connectivity index (χ4n) is 2.47. The number of nitrogens with two attached hydrogens (primary N) is 1. The molecule has 0 aromatic carbocycles. The average Bonchev–Trinajstić information content (AvgIpc) is 2.83. The zero-order valence-corrected chi connectivity index (χ0v) is 10.1. The molecule has 5 nitrogen and oxygen atoms in total. The Bertz CT molecular complexity index is 517. The van der Waals surface area contributed by atoms with Gasteiger partial charge in [-0.2, -0.15) is 5.10 Å². The molecule has 3 rings (SSSR count). The van der Waals surface area contributed by atoms with Gasteiger partial charge in [-0.25, -0.2) is 0 Å². The smallest absolute Gasteiger partial charge is 0.153 e. The highest BCUT2D eigenvalue weighted by atomic mass is 16.5. The van der Waals surface area contributed by atoms with E-state index < -0.39 is 0 Å². The van der Waals surface area contributed by atoms with Crippen LogP contribution in [0.15, 0.2) is 24.5 Å². The third-order valence-corrected chi connectivity index (χ3v) is 3.40. The van der Waals surface area contributed by atoms with Crippen molar-refractivity contribution in [1.82, 2.24) is 15.2 Å². The van der Waals surface area contributed by atoms with Crippen molar-refractivity contribution < 1.29 is 4.74 Å². The summed E-state index contributed by atoms with van der Waals surface area (Å²) >= 11 is 0. The standard InChI is InChI=1S/C13H16N4O/c14-13-11(10-2-1-5-15-8-10)12(16-17-13)9-3-6-18-7-4-9/h1-2,5,8-9H,3-4,6-7H2,(H3,14,16,17). The van der Waals surface area contributed by atoms with Crippen LogP contribution < -0.4 is 5.73 Å². The van der Waals surface area contributed by atoms with Gasteiger partial charge < -0.3 is 10.5 Å². The topological polar surface area (TPSA) is 76.8 Å². The molecular formula is C13H16N4O. The van der Waals surface area contributed by atoms with Gasteiger partial charge >= 0.3 is 0 Å². The van der Waals surface area contributed by atoms with Crippen molar-refractivity contribution in [3.05, 3.63) is 30.2 Å². The highest BCUT2D eigenvalue weighted by Gasteiger charge is 2.23. The Kier molecular flexibility index (Phi) is 2.98. The summed E-state index contributed by atoms with van der Waals surface area (Å²) in [4.78, 5) is 4.15. The van der Waals surface area contributed by atoms with Gasteiger partial charge in [0, 0.05) is 48.3 Å². The molecule has 1 saturated heterocycles. The van der Waals surface area contributed by atoms with Crippen molar-refractivity contribution >= 4 is 5.82 Å². The first-order valence-corrected chi connectivity index (χ1v) is 6.18. The van der Waals surface area contributed by atoms with Gasteiger partial charge in [0.1, 0.15) is 0 Å². The van der Waals surface area contributed by atoms with Crippen LogP contribution in [0.25, 0.3) is 11.1 Å². The van der Waals surface area contributed by atoms with Crippen molar-refractivity contribution in [1.29, 1.82) is 0 Å². The number of hydrogen-bond acceptors (Lipinski definition) is 4. The Morgan fingerprint density at radius 3 is 2.89 bits per heavy atom. The predicted molar refractivity (Wildman–Crippen MR) is 69.0 cm³/mol. The van der Waals surface area contributed by atoms with E-state index in [1.807, 2.05) is 18.3 Å². The number of anilines is 1. The molecule has 0 radical (unpaired) electrons. The molecule has 1 aliphatic heterocycles. The molecule has 0 spiro atoms. The van der Waals surface area contributed by atoms with Crippen molar-refractivity contribution in [2.75, 3.05) is 18.9 Å². The summed E-state index contributed by atoms with van der Waals surface area (Å²) in [5, 5.41) is 7.24. The summed E-state index contributed by atoms with van der Waals surface area (Å²) in [6.07, 6.45) is 5.60. The molecule has 0 aliphatic carbocycles. The number of aromatic nitrogens is 3. The molecule has 2 aromatic heterocycles. The first-order valence-electron chi connectivity index (χ1n) is 6.18. The van der Waals surface area contributed by atoms with Gasteiger partial charge in [0.2, 0.25) is 0 Å². The molecule has 1 aliphatic rings. The van der Waals surface area contributed by atoms with Crippen molar-refractivity contribution in [2.45, 2.75) is 18.8 Å². The largest absolute Gasteiger partial charge is 0.382 e. The lowest BCUT2D eigenvalue weighted by Crippen LogP contribution is -2.15. The molecule has 0 bridgehead atoms. The lowest BCUT2D eigenvalue weighted by atomic mass is 9.91. The molecule has 1 fully saturated rings. The van der Waals surface area contributed by atoms with E-state index >= 15 is 0 Å². The number of H-pyrrole nitrogens is 1. The van der Waals surface area contributed by atoms with E-state index in [9.17, 15) is 0 Å². The molecule has 0 saturated carbocycles. The van der Waals surface area contributed by atoms with E-state index in [1.54, 1.807) is 6.20 Å². The van der Waals surface area contributed by atoms with Crippen molar-refractivity contribution in [3.63, 3.8) is 0 Å². The molecule has 94 valence electrons. The molecule has 0 atom stereocenters. The Morgan fingerprint density at radius 1 is 1.33 bits per heavy atom. The minimum atomic E-state index is 0.443. The maximum Gasteiger partial charge on any atom is 0.153 e. The maximum atomic E-state index is 5.98. The molecule has 18 heavy (non-hydrogen) atoms. The molecule has 0 unspecified atom stereocenters. The quantitative estimate of drug-likeness (QED) is 0.846. The van der Waals surface area contributed by atoms with E-state index in [1.165, 1.54) is 0 Å². The summed E-state index contributed by atoms with van der Waals surface area (Å²) < 4.78 is 5.40. The van der Waals surface area contributed by atoms with Crippen LogP contribution in [0.3, 0.4) is 0 Å². The van der Waals surface area contributed by atoms with Gasteiger partial charge in [-0.1, -0.05) is 6.07 Å². The van der Waals surface area contributed by atoms with Gasteiger partial charge in [-0.3, -0.25) is 10.1 Å². The number of rotatable bonds is 2. The van der Waals surface area contributed by atoms with Crippen LogP contribution in [0.5, 0.6) is 0 Å². The molecule has 2 aromatic rings. The van der Waals surface area contributed by atoms with Crippen molar-refractivity contribution in [2.24, 2.45) is 0 Å². The summed E-state index contributed by atoms with van der Waals surface area (Å²) in [7, 11) is 0. The average molecular weight is 244 g/mol. The second kappa shape index (κ2) is 4.78. The number of nitrogens with zero attached hydrogens (tertiary/aromatic N) is 2. The molecule has 0 amide bonds. The first kappa shape index (κ1) is 11.2. The van der Waals surface area contributed by atoms with Gasteiger partial charge in [0.25, 0.3) is 0 Å². The highest BCUT2D eigenvalue weighted by Crippen LogP contribution is 2.36. The van der Waals surface area contributed by atoms with Crippen LogP contribution in [0.2, 0.25) is 0 Å². The van der Waals surface area contributed by atoms with Gasteiger partial charge in [0.05, 0.1) is 0 Å². The molecule has 5 heteroatoms. The monoisotopic (exact) mass is 244 g/mol. The predicted octanol–water partition coefficient (Wildman–Crippen LogP) is 1.95. The Labute approximate surface area is 105 Å². The summed E-state index contributed by atoms with van der Waals surface area (Å²) in [5.41, 5.74) is 9.11. The normalized spacial score (nSPS) is 16.9. The van der Waals surface area contributed by atoms with E-state index in [0.717, 1.165) is 42.9 Å². The number of ether oxygens (including phenoxy) is 1. The molecule has 3 heterocycles. The number of nitrogens with one attached hydrogen (secondary N) is 1. The molecule has 3 N–H and O–H groups in total. The SMILES string of the molecule is Nc1n[nH]c(C2CCOCC2)c1-c1cccnc1. The van der Waals surface area contributed by atoms with Gasteiger partial charge in [-0.15, -0.1) is 0 Å². The van der Waals surface area contributed by atoms with E-state index in [2.05, 4.69) is 15.2 Å². The lowest BCUT2D eigenvalue weighted by Gasteiger charge is -2.22. The fraction of sp³-hybridized carbons (Fsp3) is 0.385. The Hall–Kier alpha value is -1.88. The van der Waals surface area contributed by atoms with E-state index in [0.29, 0.717) is 11.7 Å². The third-order valence-electron chi connectivity index (χ3n) is 3.40. The lowest BCUT2D eigenvalue weighted by molar-refractivity contribution is 0.0846. The second-order valence-corrected chi connectivity index (χ2v) is 4.53. The van der Waals surface area contributed by atoms with Crippen LogP contribution in [0.1, 0.15) is 24.5 Å². The van der Waals surface area contributed by atoms with Crippen LogP contribution >= 0.6 is 0 Å². The Morgan fingerprint density at radius 2 is 2.17 bits per heavy atom. The fourth-order valence-corrected chi connectivity index (χ4v) is 2.47. The number of hydrogen-bond donors (Lipinski definition) is 2. The zero-order valence-electron chi connectivity index (χ0n) is 10.1. The molecular weight excluding hydrogens is 228 g/mol. The number of pyridine rings is 1. The van der Waals surface area contributed by atoms with Crippen LogP contribution in [0.4, 0.5) is 5.82 Å². The van der Waals surface area contributed by atoms with E-state index in [-0.39, 0.29) is 0 Å². The number of aromatic amines is 1. The highest BCUT2D eigenvalue weighted by molar-refractivity contribution is 5.76. The van der Waals surface area contributed by atoms with E-state index in [4.69, 9.17) is 10.5 Å². The summed E-state index contributed by atoms with van der Waals surface area (Å²) in [6.45, 7) is 1.60.